The zero-order chi connectivity index (χ0) is 22.2. The second kappa shape index (κ2) is 10.6. The van der Waals surface area contributed by atoms with Crippen molar-refractivity contribution in [1.82, 2.24) is 10.2 Å². The number of hydrogen-bond donors (Lipinski definition) is 1. The molecule has 31 heavy (non-hydrogen) atoms. The van der Waals surface area contributed by atoms with E-state index in [2.05, 4.69) is 11.4 Å². The zero-order valence-electron chi connectivity index (χ0n) is 18.1. The van der Waals surface area contributed by atoms with E-state index in [1.54, 1.807) is 4.90 Å². The predicted molar refractivity (Wildman–Crippen MR) is 122 cm³/mol. The Kier molecular flexibility index (Phi) is 7.61. The lowest BCUT2D eigenvalue weighted by Crippen LogP contribution is -2.50. The van der Waals surface area contributed by atoms with Gasteiger partial charge in [-0.2, -0.15) is 5.26 Å². The molecular formula is C26H29N3O2. The van der Waals surface area contributed by atoms with Gasteiger partial charge in [-0.1, -0.05) is 74.5 Å². The number of carbonyl (C=O) groups excluding carboxylic acids is 2. The number of hydrogen-bond acceptors (Lipinski definition) is 3. The van der Waals surface area contributed by atoms with Crippen LogP contribution in [0.3, 0.4) is 0 Å². The molecule has 1 fully saturated rings. The normalized spacial score (nSPS) is 17.3. The first-order chi connectivity index (χ1) is 15.0. The molecule has 0 aliphatic carbocycles. The minimum Gasteiger partial charge on any atom is -0.340 e. The van der Waals surface area contributed by atoms with E-state index in [1.807, 2.05) is 80.6 Å². The second-order valence-electron chi connectivity index (χ2n) is 8.31. The van der Waals surface area contributed by atoms with Gasteiger partial charge in [0.05, 0.1) is 6.07 Å². The highest BCUT2D eigenvalue weighted by atomic mass is 16.2. The van der Waals surface area contributed by atoms with Crippen LogP contribution in [-0.4, -0.2) is 35.3 Å². The van der Waals surface area contributed by atoms with E-state index in [0.29, 0.717) is 25.0 Å². The van der Waals surface area contributed by atoms with E-state index in [0.717, 1.165) is 17.5 Å². The van der Waals surface area contributed by atoms with Crippen LogP contribution in [0.4, 0.5) is 0 Å². The third kappa shape index (κ3) is 5.82. The minimum absolute atomic E-state index is 0.168. The molecule has 1 heterocycles. The molecule has 0 aromatic heterocycles. The number of nitrogens with zero attached hydrogens (tertiary/aromatic N) is 2. The van der Waals surface area contributed by atoms with Gasteiger partial charge in [0.25, 0.3) is 5.91 Å². The monoisotopic (exact) mass is 415 g/mol. The van der Waals surface area contributed by atoms with Gasteiger partial charge in [-0.3, -0.25) is 9.59 Å². The van der Waals surface area contributed by atoms with Crippen molar-refractivity contribution in [2.24, 2.45) is 5.92 Å². The van der Waals surface area contributed by atoms with E-state index in [-0.39, 0.29) is 17.7 Å². The summed E-state index contributed by atoms with van der Waals surface area (Å²) in [5, 5.41) is 12.4. The van der Waals surface area contributed by atoms with Crippen molar-refractivity contribution in [3.05, 3.63) is 71.8 Å². The van der Waals surface area contributed by atoms with Crippen LogP contribution in [0.5, 0.6) is 0 Å². The van der Waals surface area contributed by atoms with Crippen molar-refractivity contribution >= 4 is 23.5 Å². The summed E-state index contributed by atoms with van der Waals surface area (Å²) in [5.74, 6) is -0.240. The van der Waals surface area contributed by atoms with Gasteiger partial charge in [-0.05, 0) is 42.4 Å². The van der Waals surface area contributed by atoms with Crippen molar-refractivity contribution in [2.75, 3.05) is 6.54 Å². The summed E-state index contributed by atoms with van der Waals surface area (Å²) in [4.78, 5) is 28.3. The summed E-state index contributed by atoms with van der Waals surface area (Å²) in [6, 6.07) is 20.3. The Labute approximate surface area is 184 Å². The van der Waals surface area contributed by atoms with Crippen molar-refractivity contribution in [1.29, 1.82) is 5.26 Å². The van der Waals surface area contributed by atoms with E-state index in [1.165, 1.54) is 0 Å². The van der Waals surface area contributed by atoms with Gasteiger partial charge in [0, 0.05) is 12.1 Å². The summed E-state index contributed by atoms with van der Waals surface area (Å²) in [6.45, 7) is 4.61. The molecule has 0 saturated carbocycles. The molecule has 5 heteroatoms. The Hall–Kier alpha value is -3.39. The van der Waals surface area contributed by atoms with Crippen LogP contribution in [-0.2, 0) is 9.59 Å². The fourth-order valence-electron chi connectivity index (χ4n) is 3.91. The van der Waals surface area contributed by atoms with Crippen LogP contribution in [0, 0.1) is 17.2 Å². The van der Waals surface area contributed by atoms with Gasteiger partial charge in [0.15, 0.2) is 0 Å². The highest BCUT2D eigenvalue weighted by Crippen LogP contribution is 2.22. The molecule has 2 amide bonds. The largest absolute Gasteiger partial charge is 0.340 e. The average Bonchev–Trinajstić information content (AvgIpc) is 3.26. The van der Waals surface area contributed by atoms with Crippen LogP contribution in [0.15, 0.2) is 60.7 Å². The highest BCUT2D eigenvalue weighted by Gasteiger charge is 2.34. The lowest BCUT2D eigenvalue weighted by atomic mass is 9.99. The average molecular weight is 416 g/mol. The first-order valence-electron chi connectivity index (χ1n) is 10.8. The van der Waals surface area contributed by atoms with Gasteiger partial charge in [-0.15, -0.1) is 0 Å². The highest BCUT2D eigenvalue weighted by molar-refractivity contribution is 6.24. The maximum atomic E-state index is 13.4. The maximum Gasteiger partial charge on any atom is 0.252 e. The van der Waals surface area contributed by atoms with Crippen LogP contribution in [0.1, 0.15) is 44.2 Å². The molecule has 0 unspecified atom stereocenters. The van der Waals surface area contributed by atoms with Gasteiger partial charge < -0.3 is 10.2 Å². The fourth-order valence-corrected chi connectivity index (χ4v) is 3.91. The molecule has 0 bridgehead atoms. The van der Waals surface area contributed by atoms with Gasteiger partial charge in [-0.25, -0.2) is 0 Å². The van der Waals surface area contributed by atoms with Crippen molar-refractivity contribution in [2.45, 2.75) is 45.2 Å². The maximum absolute atomic E-state index is 13.4. The molecule has 1 N–H and O–H groups in total. The number of rotatable bonds is 7. The molecule has 0 radical (unpaired) electrons. The molecule has 1 saturated heterocycles. The molecule has 2 aromatic carbocycles. The van der Waals surface area contributed by atoms with Gasteiger partial charge in [0.1, 0.15) is 12.1 Å². The standard InChI is InChI=1S/C26H29N3O2/c1-19(2)16-24(26(31)29-15-9-14-22(29)18-27)28-25(30)23(21-12-7-4-8-13-21)17-20-10-5-3-6-11-20/h3-8,10-13,17,19,22,24H,9,14-16H2,1-2H3,(H,28,30)/b23-17+/t22-,24-/m0/s1. The number of nitriles is 1. The zero-order valence-corrected chi connectivity index (χ0v) is 18.1. The van der Waals surface area contributed by atoms with Crippen molar-refractivity contribution in [3.63, 3.8) is 0 Å². The Morgan fingerprint density at radius 3 is 2.39 bits per heavy atom. The molecule has 2 aromatic rings. The number of carbonyl (C=O) groups is 2. The smallest absolute Gasteiger partial charge is 0.252 e. The number of likely N-dealkylation sites (tertiary alicyclic amines) is 1. The van der Waals surface area contributed by atoms with Crippen molar-refractivity contribution in [3.8, 4) is 6.07 Å². The lowest BCUT2D eigenvalue weighted by Gasteiger charge is -2.27. The molecule has 5 nitrogen and oxygen atoms in total. The van der Waals surface area contributed by atoms with E-state index in [4.69, 9.17) is 0 Å². The van der Waals surface area contributed by atoms with E-state index < -0.39 is 12.1 Å². The van der Waals surface area contributed by atoms with E-state index in [9.17, 15) is 14.9 Å². The molecule has 1 aliphatic rings. The Morgan fingerprint density at radius 1 is 1.13 bits per heavy atom. The fraction of sp³-hybridized carbons (Fsp3) is 0.346. The Bertz CT molecular complexity index is 961. The SMILES string of the molecule is CC(C)C[C@H](NC(=O)/C(=C/c1ccccc1)c1ccccc1)C(=O)N1CCC[C@H]1C#N. The van der Waals surface area contributed by atoms with Crippen LogP contribution in [0.25, 0.3) is 11.6 Å². The van der Waals surface area contributed by atoms with Gasteiger partial charge in [0.2, 0.25) is 5.91 Å². The Morgan fingerprint density at radius 2 is 1.77 bits per heavy atom. The molecule has 160 valence electrons. The number of amides is 2. The van der Waals surface area contributed by atoms with E-state index >= 15 is 0 Å². The first-order valence-corrected chi connectivity index (χ1v) is 10.8. The predicted octanol–water partition coefficient (Wildman–Crippen LogP) is 4.27. The summed E-state index contributed by atoms with van der Waals surface area (Å²) < 4.78 is 0. The molecular weight excluding hydrogens is 386 g/mol. The molecule has 3 rings (SSSR count). The first kappa shape index (κ1) is 22.3. The number of nitrogens with one attached hydrogen (secondary N) is 1. The van der Waals surface area contributed by atoms with Crippen LogP contribution >= 0.6 is 0 Å². The summed E-state index contributed by atoms with van der Waals surface area (Å²) in [7, 11) is 0. The summed E-state index contributed by atoms with van der Waals surface area (Å²) in [6.07, 6.45) is 3.87. The van der Waals surface area contributed by atoms with Crippen LogP contribution < -0.4 is 5.32 Å². The third-order valence-corrected chi connectivity index (χ3v) is 5.44. The lowest BCUT2D eigenvalue weighted by molar-refractivity contribution is -0.135. The Balaban J connectivity index is 1.89. The quantitative estimate of drug-likeness (QED) is 0.542. The molecule has 2 atom stereocenters. The number of benzene rings is 2. The van der Waals surface area contributed by atoms with Gasteiger partial charge >= 0.3 is 0 Å². The minimum atomic E-state index is -0.663. The summed E-state index contributed by atoms with van der Waals surface area (Å²) in [5.41, 5.74) is 2.20. The molecule has 0 spiro atoms. The third-order valence-electron chi connectivity index (χ3n) is 5.44. The van der Waals surface area contributed by atoms with Crippen molar-refractivity contribution < 1.29 is 9.59 Å². The second-order valence-corrected chi connectivity index (χ2v) is 8.31. The molecule has 1 aliphatic heterocycles. The topological polar surface area (TPSA) is 73.2 Å². The van der Waals surface area contributed by atoms with Crippen LogP contribution in [0.2, 0.25) is 0 Å². The summed E-state index contributed by atoms with van der Waals surface area (Å²) >= 11 is 0.